The first-order valence-electron chi connectivity index (χ1n) is 7.94. The smallest absolute Gasteiger partial charge is 0.193 e. The van der Waals surface area contributed by atoms with Gasteiger partial charge in [-0.25, -0.2) is 9.38 Å². The van der Waals surface area contributed by atoms with E-state index in [1.54, 1.807) is 12.1 Å². The molecule has 0 amide bonds. The number of nitrogens with one attached hydrogen (secondary N) is 1. The van der Waals surface area contributed by atoms with E-state index in [0.717, 1.165) is 5.56 Å². The number of ether oxygens (including phenoxy) is 2. The third kappa shape index (κ3) is 5.53. The maximum Gasteiger partial charge on any atom is 0.193 e. The van der Waals surface area contributed by atoms with Crippen molar-refractivity contribution in [1.29, 1.82) is 0 Å². The summed E-state index contributed by atoms with van der Waals surface area (Å²) in [5, 5.41) is 3.06. The van der Waals surface area contributed by atoms with Crippen molar-refractivity contribution in [3.05, 3.63) is 52.8 Å². The highest BCUT2D eigenvalue weighted by Gasteiger charge is 2.07. The molecule has 0 atom stereocenters. The van der Waals surface area contributed by atoms with E-state index in [1.807, 2.05) is 26.0 Å². The van der Waals surface area contributed by atoms with Crippen LogP contribution in [0, 0.1) is 5.82 Å². The van der Waals surface area contributed by atoms with E-state index in [1.165, 1.54) is 12.1 Å². The van der Waals surface area contributed by atoms with E-state index in [-0.39, 0.29) is 17.5 Å². The number of nitrogens with zero attached hydrogens (tertiary/aromatic N) is 1. The molecule has 0 aliphatic rings. The quantitative estimate of drug-likeness (QED) is 0.570. The molecule has 2 aromatic rings. The maximum absolute atomic E-state index is 13.2. The summed E-state index contributed by atoms with van der Waals surface area (Å²) in [5.41, 5.74) is 7.36. The van der Waals surface area contributed by atoms with Gasteiger partial charge in [-0.3, -0.25) is 0 Å². The van der Waals surface area contributed by atoms with Gasteiger partial charge in [0, 0.05) is 6.07 Å². The molecule has 2 aromatic carbocycles. The fourth-order valence-corrected chi connectivity index (χ4v) is 2.34. The van der Waals surface area contributed by atoms with Gasteiger partial charge in [0.15, 0.2) is 5.96 Å². The highest BCUT2D eigenvalue weighted by atomic mass is 35.5. The van der Waals surface area contributed by atoms with Crippen LogP contribution in [0.1, 0.15) is 19.4 Å². The SMILES string of the molecule is CCOc1ccc(OCC)c(NC(N)=NCc2ccc(F)c(Cl)c2)c1. The zero-order valence-electron chi connectivity index (χ0n) is 14.2. The van der Waals surface area contributed by atoms with Gasteiger partial charge in [-0.15, -0.1) is 0 Å². The summed E-state index contributed by atoms with van der Waals surface area (Å²) in [7, 11) is 0. The summed E-state index contributed by atoms with van der Waals surface area (Å²) < 4.78 is 24.2. The molecule has 0 aromatic heterocycles. The van der Waals surface area contributed by atoms with Crippen LogP contribution in [0.5, 0.6) is 11.5 Å². The monoisotopic (exact) mass is 365 g/mol. The molecule has 25 heavy (non-hydrogen) atoms. The van der Waals surface area contributed by atoms with Crippen LogP contribution in [-0.4, -0.2) is 19.2 Å². The number of hydrogen-bond acceptors (Lipinski definition) is 3. The molecular formula is C18H21ClFN3O2. The van der Waals surface area contributed by atoms with Crippen LogP contribution in [0.25, 0.3) is 0 Å². The lowest BCUT2D eigenvalue weighted by Gasteiger charge is -2.14. The van der Waals surface area contributed by atoms with Crippen molar-refractivity contribution in [2.75, 3.05) is 18.5 Å². The lowest BCUT2D eigenvalue weighted by atomic mass is 10.2. The normalized spacial score (nSPS) is 11.3. The number of guanidine groups is 1. The van der Waals surface area contributed by atoms with Crippen LogP contribution in [0.15, 0.2) is 41.4 Å². The Balaban J connectivity index is 2.12. The molecule has 0 saturated carbocycles. The molecule has 0 saturated heterocycles. The molecule has 5 nitrogen and oxygen atoms in total. The van der Waals surface area contributed by atoms with Gasteiger partial charge in [-0.1, -0.05) is 17.7 Å². The minimum atomic E-state index is -0.463. The number of anilines is 1. The van der Waals surface area contributed by atoms with Crippen LogP contribution in [0.2, 0.25) is 5.02 Å². The highest BCUT2D eigenvalue weighted by molar-refractivity contribution is 6.30. The van der Waals surface area contributed by atoms with Gasteiger partial charge in [-0.05, 0) is 43.7 Å². The molecular weight excluding hydrogens is 345 g/mol. The Hall–Kier alpha value is -2.47. The molecule has 7 heteroatoms. The third-order valence-corrected chi connectivity index (χ3v) is 3.53. The lowest BCUT2D eigenvalue weighted by Crippen LogP contribution is -2.23. The number of halogens is 2. The summed E-state index contributed by atoms with van der Waals surface area (Å²) in [6.07, 6.45) is 0. The number of benzene rings is 2. The summed E-state index contributed by atoms with van der Waals surface area (Å²) in [4.78, 5) is 4.24. The van der Waals surface area contributed by atoms with Crippen molar-refractivity contribution in [1.82, 2.24) is 0 Å². The average molecular weight is 366 g/mol. The molecule has 2 rings (SSSR count). The van der Waals surface area contributed by atoms with Crippen LogP contribution >= 0.6 is 11.6 Å². The molecule has 3 N–H and O–H groups in total. The van der Waals surface area contributed by atoms with Gasteiger partial charge in [0.1, 0.15) is 17.3 Å². The van der Waals surface area contributed by atoms with E-state index < -0.39 is 5.82 Å². The molecule has 0 bridgehead atoms. The second-order valence-corrected chi connectivity index (χ2v) is 5.51. The molecule has 0 fully saturated rings. The van der Waals surface area contributed by atoms with Crippen molar-refractivity contribution >= 4 is 23.2 Å². The Morgan fingerprint density at radius 2 is 1.92 bits per heavy atom. The highest BCUT2D eigenvalue weighted by Crippen LogP contribution is 2.29. The van der Waals surface area contributed by atoms with E-state index in [4.69, 9.17) is 26.8 Å². The van der Waals surface area contributed by atoms with Crippen LogP contribution < -0.4 is 20.5 Å². The zero-order valence-corrected chi connectivity index (χ0v) is 14.9. The molecule has 0 unspecified atom stereocenters. The average Bonchev–Trinajstić information content (AvgIpc) is 2.59. The molecule has 0 aliphatic carbocycles. The Bertz CT molecular complexity index is 753. The second-order valence-electron chi connectivity index (χ2n) is 5.10. The minimum Gasteiger partial charge on any atom is -0.494 e. The first kappa shape index (κ1) is 18.9. The summed E-state index contributed by atoms with van der Waals surface area (Å²) in [6.45, 7) is 5.16. The topological polar surface area (TPSA) is 68.9 Å². The van der Waals surface area contributed by atoms with Gasteiger partial charge in [0.2, 0.25) is 0 Å². The maximum atomic E-state index is 13.2. The molecule has 134 valence electrons. The number of nitrogens with two attached hydrogens (primary N) is 1. The van der Waals surface area contributed by atoms with Crippen molar-refractivity contribution in [2.45, 2.75) is 20.4 Å². The second kappa shape index (κ2) is 9.13. The Morgan fingerprint density at radius 1 is 1.16 bits per heavy atom. The molecule has 0 heterocycles. The van der Waals surface area contributed by atoms with Gasteiger partial charge in [0.05, 0.1) is 30.5 Å². The van der Waals surface area contributed by atoms with Gasteiger partial charge >= 0.3 is 0 Å². The molecule has 0 aliphatic heterocycles. The van der Waals surface area contributed by atoms with Crippen molar-refractivity contribution in [3.63, 3.8) is 0 Å². The summed E-state index contributed by atoms with van der Waals surface area (Å²) >= 11 is 5.76. The van der Waals surface area contributed by atoms with Crippen molar-refractivity contribution in [3.8, 4) is 11.5 Å². The predicted molar refractivity (Wildman–Crippen MR) is 99.1 cm³/mol. The van der Waals surface area contributed by atoms with Crippen LogP contribution in [-0.2, 0) is 6.54 Å². The Labute approximate surface area is 151 Å². The van der Waals surface area contributed by atoms with Crippen molar-refractivity contribution < 1.29 is 13.9 Å². The first-order chi connectivity index (χ1) is 12.0. The largest absolute Gasteiger partial charge is 0.494 e. The molecule has 0 spiro atoms. The van der Waals surface area contributed by atoms with E-state index in [9.17, 15) is 4.39 Å². The summed E-state index contributed by atoms with van der Waals surface area (Å²) in [6, 6.07) is 9.87. The Morgan fingerprint density at radius 3 is 2.60 bits per heavy atom. The van der Waals surface area contributed by atoms with Crippen LogP contribution in [0.3, 0.4) is 0 Å². The fraction of sp³-hybridized carbons (Fsp3) is 0.278. The molecule has 0 radical (unpaired) electrons. The fourth-order valence-electron chi connectivity index (χ4n) is 2.14. The standard InChI is InChI=1S/C18H21ClFN3O2/c1-3-24-13-6-8-17(25-4-2)16(10-13)23-18(21)22-11-12-5-7-15(20)14(19)9-12/h5-10H,3-4,11H2,1-2H3,(H3,21,22,23). The summed E-state index contributed by atoms with van der Waals surface area (Å²) in [5.74, 6) is 1.09. The Kier molecular flexibility index (Phi) is 6.89. The zero-order chi connectivity index (χ0) is 18.2. The lowest BCUT2D eigenvalue weighted by molar-refractivity contribution is 0.332. The first-order valence-corrected chi connectivity index (χ1v) is 8.31. The van der Waals surface area contributed by atoms with Crippen molar-refractivity contribution in [2.24, 2.45) is 10.7 Å². The number of rotatable bonds is 7. The van der Waals surface area contributed by atoms with Crippen LogP contribution in [0.4, 0.5) is 10.1 Å². The minimum absolute atomic E-state index is 0.0577. The predicted octanol–water partition coefficient (Wildman–Crippen LogP) is 4.20. The van der Waals surface area contributed by atoms with E-state index in [0.29, 0.717) is 30.4 Å². The van der Waals surface area contributed by atoms with E-state index in [2.05, 4.69) is 10.3 Å². The van der Waals surface area contributed by atoms with Gasteiger partial charge in [-0.2, -0.15) is 0 Å². The van der Waals surface area contributed by atoms with E-state index >= 15 is 0 Å². The number of aliphatic imine (C=N–C) groups is 1. The number of hydrogen-bond donors (Lipinski definition) is 2. The van der Waals surface area contributed by atoms with Gasteiger partial charge in [0.25, 0.3) is 0 Å². The third-order valence-electron chi connectivity index (χ3n) is 3.24. The van der Waals surface area contributed by atoms with Gasteiger partial charge < -0.3 is 20.5 Å².